The summed E-state index contributed by atoms with van der Waals surface area (Å²) in [7, 11) is 3.12. The minimum Gasteiger partial charge on any atom is -0.497 e. The van der Waals surface area contributed by atoms with E-state index in [1.807, 2.05) is 30.3 Å². The van der Waals surface area contributed by atoms with Crippen molar-refractivity contribution in [3.05, 3.63) is 77.7 Å². The summed E-state index contributed by atoms with van der Waals surface area (Å²) in [5.41, 5.74) is 3.12. The summed E-state index contributed by atoms with van der Waals surface area (Å²) in [5.74, 6) is 2.19. The highest BCUT2D eigenvalue weighted by Gasteiger charge is 2.11. The minimum absolute atomic E-state index is 0.144. The second kappa shape index (κ2) is 9.27. The van der Waals surface area contributed by atoms with Crippen LogP contribution in [0.5, 0.6) is 17.2 Å². The summed E-state index contributed by atoms with van der Waals surface area (Å²) >= 11 is 0. The van der Waals surface area contributed by atoms with Gasteiger partial charge >= 0.3 is 5.91 Å². The van der Waals surface area contributed by atoms with E-state index in [9.17, 15) is 4.79 Å². The number of nitrogens with zero attached hydrogens (tertiary/aromatic N) is 1. The first-order valence-electron chi connectivity index (χ1n) is 8.51. The third-order valence-electron chi connectivity index (χ3n) is 3.82. The van der Waals surface area contributed by atoms with Crippen LogP contribution in [0.25, 0.3) is 0 Å². The number of nitrogens with one attached hydrogen (secondary N) is 1. The van der Waals surface area contributed by atoms with Gasteiger partial charge in [0.15, 0.2) is 5.76 Å². The lowest BCUT2D eigenvalue weighted by Gasteiger charge is -2.06. The Balaban J connectivity index is 1.56. The van der Waals surface area contributed by atoms with Crippen LogP contribution in [0.2, 0.25) is 0 Å². The van der Waals surface area contributed by atoms with Gasteiger partial charge in [0.1, 0.15) is 29.6 Å². The predicted octanol–water partition coefficient (Wildman–Crippen LogP) is 3.64. The lowest BCUT2D eigenvalue weighted by atomic mass is 10.2. The molecule has 7 nitrogen and oxygen atoms in total. The molecule has 1 aromatic heterocycles. The van der Waals surface area contributed by atoms with E-state index >= 15 is 0 Å². The molecule has 2 aromatic carbocycles. The van der Waals surface area contributed by atoms with Crippen molar-refractivity contribution in [2.24, 2.45) is 5.10 Å². The number of hydrogen-bond acceptors (Lipinski definition) is 6. The van der Waals surface area contributed by atoms with Gasteiger partial charge in [-0.3, -0.25) is 4.79 Å². The highest BCUT2D eigenvalue weighted by atomic mass is 16.5. The van der Waals surface area contributed by atoms with Crippen LogP contribution in [0.4, 0.5) is 0 Å². The summed E-state index contributed by atoms with van der Waals surface area (Å²) in [6.07, 6.45) is 1.48. The normalized spacial score (nSPS) is 10.6. The molecule has 0 aliphatic carbocycles. The molecule has 28 heavy (non-hydrogen) atoms. The van der Waals surface area contributed by atoms with Crippen molar-refractivity contribution >= 4 is 12.1 Å². The number of carbonyl (C=O) groups excluding carboxylic acids is 1. The van der Waals surface area contributed by atoms with Crippen molar-refractivity contribution in [3.8, 4) is 17.2 Å². The third kappa shape index (κ3) is 4.91. The Kier molecular flexibility index (Phi) is 6.30. The Morgan fingerprint density at radius 2 is 1.86 bits per heavy atom. The molecular weight excluding hydrogens is 360 g/mol. The average molecular weight is 380 g/mol. The molecule has 0 saturated heterocycles. The topological polar surface area (TPSA) is 82.3 Å². The Bertz CT molecular complexity index is 950. The smallest absolute Gasteiger partial charge is 0.307 e. The van der Waals surface area contributed by atoms with Gasteiger partial charge in [0.05, 0.1) is 20.4 Å². The minimum atomic E-state index is -0.463. The number of benzene rings is 2. The highest BCUT2D eigenvalue weighted by molar-refractivity contribution is 5.92. The number of amides is 1. The molecule has 1 heterocycles. The Morgan fingerprint density at radius 3 is 2.61 bits per heavy atom. The van der Waals surface area contributed by atoms with Gasteiger partial charge in [-0.1, -0.05) is 18.2 Å². The first kappa shape index (κ1) is 19.0. The number of furan rings is 1. The maximum absolute atomic E-state index is 12.2. The van der Waals surface area contributed by atoms with E-state index in [0.717, 1.165) is 5.75 Å². The largest absolute Gasteiger partial charge is 0.497 e. The van der Waals surface area contributed by atoms with E-state index in [1.54, 1.807) is 44.6 Å². The van der Waals surface area contributed by atoms with Crippen LogP contribution in [0, 0.1) is 0 Å². The predicted molar refractivity (Wildman–Crippen MR) is 104 cm³/mol. The van der Waals surface area contributed by atoms with Gasteiger partial charge in [-0.2, -0.15) is 5.10 Å². The van der Waals surface area contributed by atoms with Crippen LogP contribution in [-0.4, -0.2) is 26.3 Å². The van der Waals surface area contributed by atoms with Crippen LogP contribution in [0.1, 0.15) is 21.9 Å². The monoisotopic (exact) mass is 380 g/mol. The van der Waals surface area contributed by atoms with E-state index in [-0.39, 0.29) is 12.4 Å². The summed E-state index contributed by atoms with van der Waals surface area (Å²) in [4.78, 5) is 12.2. The number of methoxy groups -OCH3 is 2. The molecule has 0 unspecified atom stereocenters. The molecule has 0 fully saturated rings. The molecule has 0 aliphatic heterocycles. The number of ether oxygens (including phenoxy) is 3. The maximum atomic E-state index is 12.2. The Labute approximate surface area is 162 Å². The summed E-state index contributed by atoms with van der Waals surface area (Å²) in [6.45, 7) is 0.226. The average Bonchev–Trinajstić information content (AvgIpc) is 3.22. The lowest BCUT2D eigenvalue weighted by molar-refractivity contribution is 0.0923. The van der Waals surface area contributed by atoms with Crippen LogP contribution < -0.4 is 19.6 Å². The molecule has 0 bridgehead atoms. The van der Waals surface area contributed by atoms with Gasteiger partial charge in [0.2, 0.25) is 0 Å². The SMILES string of the molecule is COc1ccc(/C=N\NC(=O)c2ccc(COc3ccccc3)o2)c(OC)c1. The second-order valence-electron chi connectivity index (χ2n) is 5.67. The molecule has 1 N–H and O–H groups in total. The molecule has 144 valence electrons. The van der Waals surface area contributed by atoms with Gasteiger partial charge < -0.3 is 18.6 Å². The molecule has 3 rings (SSSR count). The molecule has 1 amide bonds. The molecule has 0 radical (unpaired) electrons. The van der Waals surface area contributed by atoms with Crippen molar-refractivity contribution in [3.63, 3.8) is 0 Å². The number of hydrazone groups is 1. The summed E-state index contributed by atoms with van der Waals surface area (Å²) in [5, 5.41) is 3.95. The number of para-hydroxylation sites is 1. The standard InChI is InChI=1S/C21H20N2O5/c1-25-17-9-8-15(20(12-17)26-2)13-22-23-21(24)19-11-10-18(28-19)14-27-16-6-4-3-5-7-16/h3-13H,14H2,1-2H3,(H,23,24)/b22-13-. The van der Waals surface area contributed by atoms with E-state index < -0.39 is 5.91 Å². The number of rotatable bonds is 8. The van der Waals surface area contributed by atoms with Crippen molar-refractivity contribution in [1.29, 1.82) is 0 Å². The fraction of sp³-hybridized carbons (Fsp3) is 0.143. The molecular formula is C21H20N2O5. The Morgan fingerprint density at radius 1 is 1.04 bits per heavy atom. The molecule has 7 heteroatoms. The Hall–Kier alpha value is -3.74. The first-order valence-corrected chi connectivity index (χ1v) is 8.51. The van der Waals surface area contributed by atoms with E-state index in [4.69, 9.17) is 18.6 Å². The first-order chi connectivity index (χ1) is 13.7. The maximum Gasteiger partial charge on any atom is 0.307 e. The van der Waals surface area contributed by atoms with Gasteiger partial charge in [-0.15, -0.1) is 0 Å². The van der Waals surface area contributed by atoms with Crippen LogP contribution in [-0.2, 0) is 6.61 Å². The van der Waals surface area contributed by atoms with Gasteiger partial charge in [-0.25, -0.2) is 5.43 Å². The number of hydrogen-bond donors (Lipinski definition) is 1. The quantitative estimate of drug-likeness (QED) is 0.477. The molecule has 0 saturated carbocycles. The fourth-order valence-corrected chi connectivity index (χ4v) is 2.39. The second-order valence-corrected chi connectivity index (χ2v) is 5.67. The van der Waals surface area contributed by atoms with Crippen LogP contribution >= 0.6 is 0 Å². The van der Waals surface area contributed by atoms with Crippen LogP contribution in [0.15, 0.2) is 70.2 Å². The zero-order valence-corrected chi connectivity index (χ0v) is 15.5. The molecule has 0 spiro atoms. The van der Waals surface area contributed by atoms with E-state index in [0.29, 0.717) is 22.8 Å². The van der Waals surface area contributed by atoms with Gasteiger partial charge in [0.25, 0.3) is 0 Å². The van der Waals surface area contributed by atoms with E-state index in [1.165, 1.54) is 6.21 Å². The molecule has 3 aromatic rings. The lowest BCUT2D eigenvalue weighted by Crippen LogP contribution is -2.16. The van der Waals surface area contributed by atoms with Crippen molar-refractivity contribution in [2.45, 2.75) is 6.61 Å². The summed E-state index contributed by atoms with van der Waals surface area (Å²) in [6, 6.07) is 17.9. The number of carbonyl (C=O) groups is 1. The zero-order valence-electron chi connectivity index (χ0n) is 15.5. The van der Waals surface area contributed by atoms with E-state index in [2.05, 4.69) is 10.5 Å². The summed E-state index contributed by atoms with van der Waals surface area (Å²) < 4.78 is 21.5. The molecule has 0 aliphatic rings. The van der Waals surface area contributed by atoms with Crippen molar-refractivity contribution in [2.75, 3.05) is 14.2 Å². The zero-order chi connectivity index (χ0) is 19.8. The van der Waals surface area contributed by atoms with Gasteiger partial charge in [-0.05, 0) is 36.4 Å². The fourth-order valence-electron chi connectivity index (χ4n) is 2.39. The van der Waals surface area contributed by atoms with Crippen molar-refractivity contribution in [1.82, 2.24) is 5.43 Å². The molecule has 0 atom stereocenters. The highest BCUT2D eigenvalue weighted by Crippen LogP contribution is 2.23. The van der Waals surface area contributed by atoms with Gasteiger partial charge in [0, 0.05) is 11.6 Å². The van der Waals surface area contributed by atoms with Crippen LogP contribution in [0.3, 0.4) is 0 Å². The third-order valence-corrected chi connectivity index (χ3v) is 3.82. The van der Waals surface area contributed by atoms with Crippen molar-refractivity contribution < 1.29 is 23.4 Å².